The van der Waals surface area contributed by atoms with Gasteiger partial charge in [0.2, 0.25) is 0 Å². The number of ether oxygens (including phenoxy) is 1. The van der Waals surface area contributed by atoms with Crippen LogP contribution in [0, 0.1) is 0 Å². The van der Waals surface area contributed by atoms with Gasteiger partial charge in [-0.05, 0) is 48.6 Å². The fourth-order valence-electron chi connectivity index (χ4n) is 1.75. The fraction of sp³-hybridized carbons (Fsp3) is 0.188. The van der Waals surface area contributed by atoms with Crippen LogP contribution in [0.1, 0.15) is 0 Å². The van der Waals surface area contributed by atoms with Gasteiger partial charge in [0.05, 0.1) is 6.54 Å². The largest absolute Gasteiger partial charge is 0.492 e. The van der Waals surface area contributed by atoms with E-state index in [4.69, 9.17) is 17.0 Å². The molecule has 0 fully saturated rings. The van der Waals surface area contributed by atoms with Crippen LogP contribution in [0.4, 0.5) is 14.5 Å². The summed E-state index contributed by atoms with van der Waals surface area (Å²) in [5, 5.41) is 6.46. The van der Waals surface area contributed by atoms with Crippen molar-refractivity contribution in [1.29, 1.82) is 0 Å². The van der Waals surface area contributed by atoms with Gasteiger partial charge in [0.15, 0.2) is 5.11 Å². The molecular formula is C16H16F2N2OS2. The van der Waals surface area contributed by atoms with Gasteiger partial charge in [0.25, 0.3) is 5.76 Å². The lowest BCUT2D eigenvalue weighted by atomic mass is 10.3. The van der Waals surface area contributed by atoms with E-state index in [2.05, 4.69) is 10.6 Å². The second kappa shape index (κ2) is 9.32. The first-order valence-corrected chi connectivity index (χ1v) is 8.20. The maximum Gasteiger partial charge on any atom is 0.288 e. The van der Waals surface area contributed by atoms with E-state index in [9.17, 15) is 8.78 Å². The third-order valence-corrected chi connectivity index (χ3v) is 3.71. The van der Waals surface area contributed by atoms with Crippen LogP contribution in [-0.4, -0.2) is 24.0 Å². The minimum atomic E-state index is -2.42. The number of benzene rings is 2. The normalized spacial score (nSPS) is 10.4. The zero-order valence-electron chi connectivity index (χ0n) is 12.2. The molecule has 2 aromatic rings. The highest BCUT2D eigenvalue weighted by molar-refractivity contribution is 7.99. The molecule has 2 rings (SSSR count). The Morgan fingerprint density at radius 3 is 2.43 bits per heavy atom. The Balaban J connectivity index is 1.68. The van der Waals surface area contributed by atoms with Gasteiger partial charge in [-0.25, -0.2) is 0 Å². The number of para-hydroxylation sites is 1. The summed E-state index contributed by atoms with van der Waals surface area (Å²) in [5.74, 6) is -1.61. The lowest BCUT2D eigenvalue weighted by Crippen LogP contribution is -2.31. The predicted molar refractivity (Wildman–Crippen MR) is 94.5 cm³/mol. The Morgan fingerprint density at radius 2 is 1.78 bits per heavy atom. The van der Waals surface area contributed by atoms with Gasteiger partial charge in [-0.15, -0.1) is 0 Å². The van der Waals surface area contributed by atoms with E-state index >= 15 is 0 Å². The lowest BCUT2D eigenvalue weighted by Gasteiger charge is -2.11. The average Bonchev–Trinajstić information content (AvgIpc) is 2.54. The number of thiocarbonyl (C=S) groups is 1. The maximum atomic E-state index is 12.2. The van der Waals surface area contributed by atoms with Crippen LogP contribution >= 0.6 is 24.0 Å². The molecule has 0 aliphatic carbocycles. The Kier molecular flexibility index (Phi) is 7.09. The third kappa shape index (κ3) is 6.83. The van der Waals surface area contributed by atoms with Crippen LogP contribution in [0.5, 0.6) is 5.75 Å². The number of thioether (sulfide) groups is 1. The molecule has 0 saturated heterocycles. The van der Waals surface area contributed by atoms with Gasteiger partial charge in [-0.2, -0.15) is 8.78 Å². The summed E-state index contributed by atoms with van der Waals surface area (Å²) in [6, 6.07) is 16.2. The summed E-state index contributed by atoms with van der Waals surface area (Å²) in [6.07, 6.45) is 0. The Hall–Kier alpha value is -1.86. The van der Waals surface area contributed by atoms with Crippen molar-refractivity contribution in [2.75, 3.05) is 18.5 Å². The summed E-state index contributed by atoms with van der Waals surface area (Å²) >= 11 is 5.68. The van der Waals surface area contributed by atoms with Crippen LogP contribution < -0.4 is 15.4 Å². The van der Waals surface area contributed by atoms with Gasteiger partial charge in [-0.3, -0.25) is 0 Å². The summed E-state index contributed by atoms with van der Waals surface area (Å²) < 4.78 is 30.0. The van der Waals surface area contributed by atoms with Crippen molar-refractivity contribution < 1.29 is 13.5 Å². The molecule has 0 radical (unpaired) electrons. The van der Waals surface area contributed by atoms with Crippen LogP contribution in [-0.2, 0) is 0 Å². The molecule has 0 heterocycles. The molecule has 0 aromatic heterocycles. The number of hydrogen-bond acceptors (Lipinski definition) is 3. The number of anilines is 1. The summed E-state index contributed by atoms with van der Waals surface area (Å²) in [7, 11) is 0. The molecule has 0 bridgehead atoms. The topological polar surface area (TPSA) is 33.3 Å². The molecule has 0 aliphatic rings. The summed E-state index contributed by atoms with van der Waals surface area (Å²) in [4.78, 5) is 0.515. The second-order valence-electron chi connectivity index (χ2n) is 4.45. The van der Waals surface area contributed by atoms with Crippen molar-refractivity contribution in [2.45, 2.75) is 10.7 Å². The van der Waals surface area contributed by atoms with Crippen molar-refractivity contribution in [1.82, 2.24) is 5.32 Å². The number of halogens is 2. The lowest BCUT2D eigenvalue weighted by molar-refractivity contribution is 0.252. The van der Waals surface area contributed by atoms with Crippen molar-refractivity contribution in [2.24, 2.45) is 0 Å². The number of hydrogen-bond donors (Lipinski definition) is 2. The van der Waals surface area contributed by atoms with E-state index < -0.39 is 5.76 Å². The molecule has 122 valence electrons. The van der Waals surface area contributed by atoms with Crippen molar-refractivity contribution >= 4 is 34.8 Å². The highest BCUT2D eigenvalue weighted by Gasteiger charge is 2.05. The molecule has 23 heavy (non-hydrogen) atoms. The van der Waals surface area contributed by atoms with Crippen LogP contribution in [0.25, 0.3) is 0 Å². The maximum absolute atomic E-state index is 12.2. The monoisotopic (exact) mass is 354 g/mol. The summed E-state index contributed by atoms with van der Waals surface area (Å²) in [6.45, 7) is 1.04. The Labute approximate surface area is 143 Å². The summed E-state index contributed by atoms with van der Waals surface area (Å²) in [5.41, 5.74) is 0.741. The molecule has 0 amide bonds. The SMILES string of the molecule is FC(F)Sc1ccc(NC(=S)NCCOc2ccccc2)cc1. The molecular weight excluding hydrogens is 338 g/mol. The highest BCUT2D eigenvalue weighted by atomic mass is 32.2. The zero-order valence-corrected chi connectivity index (χ0v) is 13.8. The van der Waals surface area contributed by atoms with Gasteiger partial charge >= 0.3 is 0 Å². The quantitative estimate of drug-likeness (QED) is 0.438. The van der Waals surface area contributed by atoms with Crippen molar-refractivity contribution in [3.63, 3.8) is 0 Å². The number of rotatable bonds is 7. The first-order chi connectivity index (χ1) is 11.1. The predicted octanol–water partition coefficient (Wildman–Crippen LogP) is 4.37. The highest BCUT2D eigenvalue weighted by Crippen LogP contribution is 2.26. The minimum absolute atomic E-state index is 0.455. The van der Waals surface area contributed by atoms with Gasteiger partial charge in [0.1, 0.15) is 12.4 Å². The third-order valence-electron chi connectivity index (χ3n) is 2.74. The van der Waals surface area contributed by atoms with E-state index in [-0.39, 0.29) is 0 Å². The van der Waals surface area contributed by atoms with E-state index in [1.54, 1.807) is 24.3 Å². The fourth-order valence-corrected chi connectivity index (χ4v) is 2.46. The molecule has 0 atom stereocenters. The van der Waals surface area contributed by atoms with E-state index in [0.717, 1.165) is 11.4 Å². The van der Waals surface area contributed by atoms with E-state index in [1.807, 2.05) is 30.3 Å². The van der Waals surface area contributed by atoms with Crippen LogP contribution in [0.15, 0.2) is 59.5 Å². The molecule has 3 nitrogen and oxygen atoms in total. The van der Waals surface area contributed by atoms with Gasteiger partial charge < -0.3 is 15.4 Å². The van der Waals surface area contributed by atoms with E-state index in [0.29, 0.717) is 34.9 Å². The first kappa shape index (κ1) is 17.5. The Bertz CT molecular complexity index is 609. The Morgan fingerprint density at radius 1 is 1.09 bits per heavy atom. The van der Waals surface area contributed by atoms with E-state index in [1.165, 1.54) is 0 Å². The van der Waals surface area contributed by atoms with Gasteiger partial charge in [-0.1, -0.05) is 30.0 Å². The molecule has 2 aromatic carbocycles. The minimum Gasteiger partial charge on any atom is -0.492 e. The zero-order chi connectivity index (χ0) is 16.5. The standard InChI is InChI=1S/C16H16F2N2OS2/c17-15(18)23-14-8-6-12(7-9-14)20-16(22)19-10-11-21-13-4-2-1-3-5-13/h1-9,15H,10-11H2,(H2,19,20,22). The first-order valence-electron chi connectivity index (χ1n) is 6.91. The molecule has 0 aliphatic heterocycles. The molecule has 0 saturated carbocycles. The smallest absolute Gasteiger partial charge is 0.288 e. The number of nitrogens with one attached hydrogen (secondary N) is 2. The molecule has 7 heteroatoms. The molecule has 2 N–H and O–H groups in total. The van der Waals surface area contributed by atoms with Gasteiger partial charge in [0, 0.05) is 10.6 Å². The van der Waals surface area contributed by atoms with Crippen LogP contribution in [0.3, 0.4) is 0 Å². The number of alkyl halides is 2. The molecule has 0 spiro atoms. The van der Waals surface area contributed by atoms with Crippen molar-refractivity contribution in [3.8, 4) is 5.75 Å². The van der Waals surface area contributed by atoms with Crippen LogP contribution in [0.2, 0.25) is 0 Å². The second-order valence-corrected chi connectivity index (χ2v) is 5.92. The average molecular weight is 354 g/mol. The van der Waals surface area contributed by atoms with Crippen molar-refractivity contribution in [3.05, 3.63) is 54.6 Å². The molecule has 0 unspecified atom stereocenters.